The zero-order chi connectivity index (χ0) is 49.3. The van der Waals surface area contributed by atoms with Gasteiger partial charge in [-0.15, -0.1) is 0 Å². The molecule has 0 rings (SSSR count). The maximum absolute atomic E-state index is 12.8. The molecule has 6 nitrogen and oxygen atoms in total. The van der Waals surface area contributed by atoms with Gasteiger partial charge in [0.05, 0.1) is 0 Å². The van der Waals surface area contributed by atoms with Crippen LogP contribution in [-0.2, 0) is 28.6 Å². The average Bonchev–Trinajstić information content (AvgIpc) is 3.34. The summed E-state index contributed by atoms with van der Waals surface area (Å²) in [5.74, 6) is -0.968. The molecule has 0 radical (unpaired) electrons. The lowest BCUT2D eigenvalue weighted by molar-refractivity contribution is -0.167. The van der Waals surface area contributed by atoms with E-state index < -0.39 is 6.10 Å². The van der Waals surface area contributed by atoms with Crippen molar-refractivity contribution in [2.24, 2.45) is 0 Å². The molecule has 0 aromatic heterocycles. The van der Waals surface area contributed by atoms with Crippen LogP contribution >= 0.6 is 0 Å². The Morgan fingerprint density at radius 3 is 1.01 bits per heavy atom. The minimum Gasteiger partial charge on any atom is -0.462 e. The van der Waals surface area contributed by atoms with Gasteiger partial charge >= 0.3 is 17.9 Å². The lowest BCUT2D eigenvalue weighted by Gasteiger charge is -2.18. The van der Waals surface area contributed by atoms with Crippen molar-refractivity contribution in [2.45, 2.75) is 252 Å². The van der Waals surface area contributed by atoms with E-state index in [9.17, 15) is 14.4 Å². The normalized spacial score (nSPS) is 12.9. The van der Waals surface area contributed by atoms with Gasteiger partial charge in [-0.1, -0.05) is 233 Å². The topological polar surface area (TPSA) is 78.9 Å². The first-order valence-electron chi connectivity index (χ1n) is 28.0. The number of unbranched alkanes of at least 4 members (excludes halogenated alkanes) is 24. The molecule has 1 unspecified atom stereocenters. The fourth-order valence-electron chi connectivity index (χ4n) is 7.40. The third-order valence-corrected chi connectivity index (χ3v) is 11.6. The van der Waals surface area contributed by atoms with Crippen molar-refractivity contribution in [2.75, 3.05) is 13.2 Å². The van der Waals surface area contributed by atoms with Crippen LogP contribution in [0.4, 0.5) is 0 Å². The molecule has 1 atom stereocenters. The van der Waals surface area contributed by atoms with E-state index >= 15 is 0 Å². The number of esters is 3. The number of carbonyl (C=O) groups excluding carboxylic acids is 3. The number of hydrogen-bond donors (Lipinski definition) is 0. The molecule has 0 heterocycles. The first kappa shape index (κ1) is 64.1. The molecule has 0 aromatic rings. The average molecular weight is 943 g/mol. The van der Waals surface area contributed by atoms with Gasteiger partial charge < -0.3 is 14.2 Å². The van der Waals surface area contributed by atoms with Crippen LogP contribution in [0.3, 0.4) is 0 Å². The summed E-state index contributed by atoms with van der Waals surface area (Å²) in [6.45, 7) is 6.44. The highest BCUT2D eigenvalue weighted by Crippen LogP contribution is 2.13. The predicted octanol–water partition coefficient (Wildman–Crippen LogP) is 18.7. The van der Waals surface area contributed by atoms with Gasteiger partial charge in [0.25, 0.3) is 0 Å². The van der Waals surface area contributed by atoms with Gasteiger partial charge in [0.1, 0.15) is 13.2 Å². The zero-order valence-corrected chi connectivity index (χ0v) is 44.1. The zero-order valence-electron chi connectivity index (χ0n) is 44.1. The van der Waals surface area contributed by atoms with E-state index in [4.69, 9.17) is 14.2 Å². The SMILES string of the molecule is CC/C=C\C/C=C\C/C=C\CCCCCCC(=O)OCC(COC(=O)CCCCCCC\C=C/C=C\C=C/CCCCCCC)OC(=O)CCCCCCC\C=C/C=C\C=C/CCCCCCC. The second kappa shape index (κ2) is 55.7. The molecule has 0 spiro atoms. The Bertz CT molecular complexity index is 1410. The molecule has 0 fully saturated rings. The Hall–Kier alpha value is -3.93. The van der Waals surface area contributed by atoms with Crippen molar-refractivity contribution in [3.05, 3.63) is 109 Å². The lowest BCUT2D eigenvalue weighted by atomic mass is 10.1. The van der Waals surface area contributed by atoms with E-state index in [2.05, 4.69) is 130 Å². The molecular formula is C62H102O6. The van der Waals surface area contributed by atoms with Crippen molar-refractivity contribution < 1.29 is 28.6 Å². The minimum absolute atomic E-state index is 0.106. The third-order valence-electron chi connectivity index (χ3n) is 11.6. The van der Waals surface area contributed by atoms with Gasteiger partial charge in [0, 0.05) is 19.3 Å². The van der Waals surface area contributed by atoms with Gasteiger partial charge in [0.15, 0.2) is 6.10 Å². The Kier molecular flexibility index (Phi) is 52.4. The van der Waals surface area contributed by atoms with Gasteiger partial charge in [-0.2, -0.15) is 0 Å². The van der Waals surface area contributed by atoms with Crippen LogP contribution < -0.4 is 0 Å². The maximum Gasteiger partial charge on any atom is 0.306 e. The van der Waals surface area contributed by atoms with Gasteiger partial charge in [0.2, 0.25) is 0 Å². The van der Waals surface area contributed by atoms with Crippen LogP contribution in [0, 0.1) is 0 Å². The van der Waals surface area contributed by atoms with Crippen LogP contribution in [0.5, 0.6) is 0 Å². The van der Waals surface area contributed by atoms with Crippen molar-refractivity contribution in [1.29, 1.82) is 0 Å². The van der Waals surface area contributed by atoms with E-state index in [1.165, 1.54) is 64.2 Å². The summed E-state index contributed by atoms with van der Waals surface area (Å²) in [6.07, 6.45) is 75.0. The van der Waals surface area contributed by atoms with Crippen molar-refractivity contribution >= 4 is 17.9 Å². The molecule has 0 aliphatic heterocycles. The second-order valence-corrected chi connectivity index (χ2v) is 18.2. The Morgan fingerprint density at radius 1 is 0.324 bits per heavy atom. The molecular weight excluding hydrogens is 841 g/mol. The first-order valence-corrected chi connectivity index (χ1v) is 28.0. The van der Waals surface area contributed by atoms with Crippen LogP contribution in [0.2, 0.25) is 0 Å². The monoisotopic (exact) mass is 943 g/mol. The summed E-state index contributed by atoms with van der Waals surface area (Å²) in [7, 11) is 0. The van der Waals surface area contributed by atoms with Crippen molar-refractivity contribution in [3.63, 3.8) is 0 Å². The number of hydrogen-bond acceptors (Lipinski definition) is 6. The van der Waals surface area contributed by atoms with E-state index in [-0.39, 0.29) is 31.1 Å². The first-order chi connectivity index (χ1) is 33.5. The summed E-state index contributed by atoms with van der Waals surface area (Å²) in [6, 6.07) is 0. The molecule has 68 heavy (non-hydrogen) atoms. The van der Waals surface area contributed by atoms with Gasteiger partial charge in [-0.3, -0.25) is 14.4 Å². The molecule has 0 amide bonds. The Balaban J connectivity index is 4.52. The molecule has 0 saturated carbocycles. The standard InChI is InChI=1S/C62H102O6/c1-4-7-10-13-16-19-22-25-28-30-32-34-37-40-43-46-49-52-55-61(64)67-58-59(57-66-60(63)54-51-48-45-42-39-36-27-24-21-18-15-12-9-6-3)68-62(65)56-53-50-47-44-41-38-35-33-31-29-26-23-20-17-14-11-8-5-2/h9,12,18,21-23,25-36,59H,4-8,10-11,13-17,19-20,24,37-58H2,1-3H3/b12-9-,21-18-,25-22-,26-23-,30-28-,31-29-,34-32-,35-33-,36-27-. The third kappa shape index (κ3) is 53.0. The molecule has 0 saturated heterocycles. The number of carbonyl (C=O) groups is 3. The van der Waals surface area contributed by atoms with Crippen LogP contribution in [0.15, 0.2) is 109 Å². The quantitative estimate of drug-likeness (QED) is 0.0199. The fourth-order valence-corrected chi connectivity index (χ4v) is 7.40. The smallest absolute Gasteiger partial charge is 0.306 e. The van der Waals surface area contributed by atoms with Gasteiger partial charge in [-0.05, 0) is 103 Å². The highest BCUT2D eigenvalue weighted by molar-refractivity contribution is 5.71. The molecule has 0 aromatic carbocycles. The Labute approximate surface area is 419 Å². The summed E-state index contributed by atoms with van der Waals surface area (Å²) in [4.78, 5) is 38.1. The molecule has 0 N–H and O–H groups in total. The minimum atomic E-state index is -0.809. The summed E-state index contributed by atoms with van der Waals surface area (Å²) < 4.78 is 16.8. The highest BCUT2D eigenvalue weighted by atomic mass is 16.6. The van der Waals surface area contributed by atoms with Crippen LogP contribution in [0.1, 0.15) is 245 Å². The molecule has 6 heteroatoms. The predicted molar refractivity (Wildman–Crippen MR) is 293 cm³/mol. The largest absolute Gasteiger partial charge is 0.462 e. The van der Waals surface area contributed by atoms with E-state index in [0.717, 1.165) is 141 Å². The van der Waals surface area contributed by atoms with Crippen molar-refractivity contribution in [3.8, 4) is 0 Å². The van der Waals surface area contributed by atoms with Crippen molar-refractivity contribution in [1.82, 2.24) is 0 Å². The Morgan fingerprint density at radius 2 is 0.632 bits per heavy atom. The molecule has 0 aliphatic rings. The summed E-state index contributed by atoms with van der Waals surface area (Å²) in [5.41, 5.74) is 0. The fraction of sp³-hybridized carbons (Fsp3) is 0.661. The van der Waals surface area contributed by atoms with E-state index in [0.29, 0.717) is 19.3 Å². The van der Waals surface area contributed by atoms with E-state index in [1.54, 1.807) is 0 Å². The van der Waals surface area contributed by atoms with E-state index in [1.807, 2.05) is 0 Å². The number of rotatable bonds is 49. The molecule has 0 bridgehead atoms. The number of allylic oxidation sites excluding steroid dienone is 18. The maximum atomic E-state index is 12.8. The molecule has 0 aliphatic carbocycles. The van der Waals surface area contributed by atoms with Crippen LogP contribution in [-0.4, -0.2) is 37.2 Å². The van der Waals surface area contributed by atoms with Gasteiger partial charge in [-0.25, -0.2) is 0 Å². The summed E-state index contributed by atoms with van der Waals surface area (Å²) in [5, 5.41) is 0. The summed E-state index contributed by atoms with van der Waals surface area (Å²) >= 11 is 0. The lowest BCUT2D eigenvalue weighted by Crippen LogP contribution is -2.30. The highest BCUT2D eigenvalue weighted by Gasteiger charge is 2.19. The molecule has 386 valence electrons. The van der Waals surface area contributed by atoms with Crippen LogP contribution in [0.25, 0.3) is 0 Å². The number of ether oxygens (including phenoxy) is 3. The second-order valence-electron chi connectivity index (χ2n) is 18.2.